The minimum Gasteiger partial charge on any atom is -0.456 e. The van der Waals surface area contributed by atoms with E-state index in [2.05, 4.69) is 0 Å². The number of aliphatic hydroxyl groups excluding tert-OH is 4. The minimum atomic E-state index is -2.07. The van der Waals surface area contributed by atoms with Gasteiger partial charge in [0.05, 0.1) is 34.9 Å². The van der Waals surface area contributed by atoms with Gasteiger partial charge in [-0.05, 0) is 33.1 Å². The largest absolute Gasteiger partial charge is 0.456 e. The van der Waals surface area contributed by atoms with Crippen molar-refractivity contribution in [3.63, 3.8) is 0 Å². The van der Waals surface area contributed by atoms with E-state index in [1.807, 2.05) is 0 Å². The molecular weight excluding hydrogens is 420 g/mol. The minimum absolute atomic E-state index is 0.0258. The molecule has 0 aromatic carbocycles. The highest BCUT2D eigenvalue weighted by atomic mass is 16.6. The number of hydrogen-bond acceptors (Lipinski definition) is 9. The first-order valence-electron chi connectivity index (χ1n) is 11.6. The summed E-state index contributed by atoms with van der Waals surface area (Å²) in [6.45, 7) is 7.60. The van der Waals surface area contributed by atoms with Crippen LogP contribution in [0.4, 0.5) is 0 Å². The summed E-state index contributed by atoms with van der Waals surface area (Å²) in [6, 6.07) is 0. The average Bonchev–Trinajstić information content (AvgIpc) is 2.91. The van der Waals surface area contributed by atoms with Crippen LogP contribution >= 0.6 is 0 Å². The van der Waals surface area contributed by atoms with Gasteiger partial charge in [0.15, 0.2) is 6.10 Å². The molecule has 7 N–H and O–H groups in total. The third-order valence-corrected chi connectivity index (χ3v) is 10.1. The zero-order chi connectivity index (χ0) is 24.2. The van der Waals surface area contributed by atoms with Crippen LogP contribution in [-0.4, -0.2) is 89.0 Å². The first-order valence-corrected chi connectivity index (χ1v) is 11.6. The fourth-order valence-corrected chi connectivity index (χ4v) is 8.11. The molecule has 0 radical (unpaired) electrons. The number of aliphatic hydroxyl groups is 7. The van der Waals surface area contributed by atoms with Crippen molar-refractivity contribution < 1.29 is 45.3 Å². The van der Waals surface area contributed by atoms with Crippen LogP contribution in [0.15, 0.2) is 0 Å². The number of rotatable bonds is 2. The lowest BCUT2D eigenvalue weighted by Gasteiger charge is -2.53. The molecule has 12 atom stereocenters. The topological polar surface area (TPSA) is 168 Å². The molecule has 184 valence electrons. The molecule has 2 bridgehead atoms. The number of fused-ring (bicyclic) bond motifs is 2. The summed E-state index contributed by atoms with van der Waals surface area (Å²) in [5.41, 5.74) is -8.76. The summed E-state index contributed by atoms with van der Waals surface area (Å²) in [5, 5.41) is 80.8. The average molecular weight is 459 g/mol. The van der Waals surface area contributed by atoms with Crippen LogP contribution in [0.5, 0.6) is 0 Å². The molecule has 4 fully saturated rings. The molecule has 32 heavy (non-hydrogen) atoms. The van der Waals surface area contributed by atoms with Gasteiger partial charge in [-0.1, -0.05) is 20.8 Å². The van der Waals surface area contributed by atoms with Crippen LogP contribution in [0, 0.1) is 28.6 Å². The predicted octanol–water partition coefficient (Wildman–Crippen LogP) is -0.929. The van der Waals surface area contributed by atoms with Crippen molar-refractivity contribution in [3.05, 3.63) is 0 Å². The van der Waals surface area contributed by atoms with Crippen LogP contribution in [0.3, 0.4) is 0 Å². The molecule has 0 aromatic heterocycles. The molecule has 0 amide bonds. The molecule has 0 heterocycles. The SMILES string of the molecule is CCC(=O)O[C@H]1[C@H](O)[C@@]23[C@H](O)[C@](C)(O)[C@@H](CC[C@@H]2[C@](C)(O)[C@H]2C[C@@H](O)C(C)(C)[C@@]21O)[C@@H]3O. The molecule has 4 aliphatic carbocycles. The van der Waals surface area contributed by atoms with Gasteiger partial charge in [0.25, 0.3) is 0 Å². The number of ether oxygens (including phenoxy) is 1. The van der Waals surface area contributed by atoms with Crippen molar-refractivity contribution >= 4 is 5.97 Å². The molecule has 0 aromatic rings. The zero-order valence-electron chi connectivity index (χ0n) is 19.4. The fraction of sp³-hybridized carbons (Fsp3) is 0.957. The van der Waals surface area contributed by atoms with Gasteiger partial charge in [-0.15, -0.1) is 0 Å². The second kappa shape index (κ2) is 6.87. The molecule has 0 aliphatic heterocycles. The molecule has 1 spiro atoms. The molecule has 4 rings (SSSR count). The second-order valence-electron chi connectivity index (χ2n) is 11.6. The lowest BCUT2D eigenvalue weighted by Crippen LogP contribution is -2.66. The Labute approximate surface area is 188 Å². The van der Waals surface area contributed by atoms with Crippen LogP contribution in [0.25, 0.3) is 0 Å². The number of carbonyl (C=O) groups is 1. The van der Waals surface area contributed by atoms with Crippen LogP contribution in [0.2, 0.25) is 0 Å². The quantitative estimate of drug-likeness (QED) is 0.259. The standard InChI is InChI=1S/C23H38O9/c1-6-14(25)32-17-16(27)22-11(8-7-10(15(22)26)20(4,29)18(22)28)21(5,30)12-9-13(24)19(2,3)23(12,17)31/h10-13,15-18,24,26-31H,6-9H2,1-5H3/t10-,11+,12+,13+,15-,16-,17-,18+,20+,21-,22+,23+/m0/s1. The Morgan fingerprint density at radius 2 is 1.50 bits per heavy atom. The fourth-order valence-electron chi connectivity index (χ4n) is 8.11. The van der Waals surface area contributed by atoms with Gasteiger partial charge in [0, 0.05) is 29.6 Å². The molecule has 9 nitrogen and oxygen atoms in total. The Morgan fingerprint density at radius 3 is 2.06 bits per heavy atom. The van der Waals surface area contributed by atoms with E-state index in [0.29, 0.717) is 0 Å². The lowest BCUT2D eigenvalue weighted by molar-refractivity contribution is -0.245. The van der Waals surface area contributed by atoms with E-state index in [0.717, 1.165) is 0 Å². The summed E-state index contributed by atoms with van der Waals surface area (Å²) in [5.74, 6) is -3.46. The summed E-state index contributed by atoms with van der Waals surface area (Å²) < 4.78 is 5.62. The Kier molecular flexibility index (Phi) is 5.22. The Morgan fingerprint density at radius 1 is 0.906 bits per heavy atom. The van der Waals surface area contributed by atoms with E-state index in [-0.39, 0.29) is 25.7 Å². The summed E-state index contributed by atoms with van der Waals surface area (Å²) in [6.07, 6.45) is -7.11. The van der Waals surface area contributed by atoms with E-state index in [4.69, 9.17) is 4.74 Å². The molecule has 4 saturated carbocycles. The van der Waals surface area contributed by atoms with Crippen LogP contribution in [-0.2, 0) is 9.53 Å². The highest BCUT2D eigenvalue weighted by Gasteiger charge is 2.82. The predicted molar refractivity (Wildman–Crippen MR) is 111 cm³/mol. The van der Waals surface area contributed by atoms with E-state index in [1.54, 1.807) is 20.8 Å². The molecule has 0 unspecified atom stereocenters. The Bertz CT molecular complexity index is 794. The second-order valence-corrected chi connectivity index (χ2v) is 11.6. The number of esters is 1. The van der Waals surface area contributed by atoms with Crippen molar-refractivity contribution in [1.82, 2.24) is 0 Å². The van der Waals surface area contributed by atoms with Gasteiger partial charge >= 0.3 is 5.97 Å². The first-order chi connectivity index (χ1) is 14.5. The van der Waals surface area contributed by atoms with Crippen molar-refractivity contribution in [1.29, 1.82) is 0 Å². The molecular formula is C23H38O9. The first kappa shape index (κ1) is 24.3. The van der Waals surface area contributed by atoms with Crippen LogP contribution < -0.4 is 0 Å². The maximum Gasteiger partial charge on any atom is 0.305 e. The Balaban J connectivity index is 2.02. The van der Waals surface area contributed by atoms with Crippen molar-refractivity contribution in [2.45, 2.75) is 108 Å². The normalized spacial score (nSPS) is 58.6. The molecule has 0 saturated heterocycles. The third-order valence-electron chi connectivity index (χ3n) is 10.1. The zero-order valence-corrected chi connectivity index (χ0v) is 19.4. The monoisotopic (exact) mass is 458 g/mol. The van der Waals surface area contributed by atoms with Gasteiger partial charge in [0.1, 0.15) is 11.7 Å². The lowest BCUT2D eigenvalue weighted by atomic mass is 9.56. The number of carbonyl (C=O) groups excluding carboxylic acids is 1. The summed E-state index contributed by atoms with van der Waals surface area (Å²) >= 11 is 0. The van der Waals surface area contributed by atoms with Crippen molar-refractivity contribution in [2.24, 2.45) is 28.6 Å². The molecule has 4 aliphatic rings. The molecule has 9 heteroatoms. The Hall–Kier alpha value is -0.810. The van der Waals surface area contributed by atoms with Gasteiger partial charge < -0.3 is 40.5 Å². The van der Waals surface area contributed by atoms with Gasteiger partial charge in [-0.3, -0.25) is 4.79 Å². The highest BCUT2D eigenvalue weighted by Crippen LogP contribution is 2.70. The summed E-state index contributed by atoms with van der Waals surface area (Å²) in [7, 11) is 0. The maximum atomic E-state index is 12.4. The summed E-state index contributed by atoms with van der Waals surface area (Å²) in [4.78, 5) is 12.4. The smallest absolute Gasteiger partial charge is 0.305 e. The van der Waals surface area contributed by atoms with E-state index in [9.17, 15) is 40.5 Å². The van der Waals surface area contributed by atoms with Gasteiger partial charge in [-0.25, -0.2) is 0 Å². The van der Waals surface area contributed by atoms with Crippen molar-refractivity contribution in [2.75, 3.05) is 0 Å². The van der Waals surface area contributed by atoms with Crippen LogP contribution in [0.1, 0.15) is 60.3 Å². The van der Waals surface area contributed by atoms with E-state index < -0.39 is 81.9 Å². The van der Waals surface area contributed by atoms with Gasteiger partial charge in [-0.2, -0.15) is 0 Å². The van der Waals surface area contributed by atoms with Crippen molar-refractivity contribution in [3.8, 4) is 0 Å². The highest BCUT2D eigenvalue weighted by molar-refractivity contribution is 5.69. The number of hydrogen-bond donors (Lipinski definition) is 7. The van der Waals surface area contributed by atoms with E-state index >= 15 is 0 Å². The maximum absolute atomic E-state index is 12.4. The third kappa shape index (κ3) is 2.46. The van der Waals surface area contributed by atoms with E-state index in [1.165, 1.54) is 13.8 Å². The van der Waals surface area contributed by atoms with Gasteiger partial charge in [0.2, 0.25) is 0 Å².